The fraction of sp³-hybridized carbons (Fsp3) is 0.600. The van der Waals surface area contributed by atoms with Crippen LogP contribution in [0.2, 0.25) is 0 Å². The summed E-state index contributed by atoms with van der Waals surface area (Å²) in [6, 6.07) is 10.1. The molecule has 1 aliphatic rings. The van der Waals surface area contributed by atoms with Crippen molar-refractivity contribution in [3.63, 3.8) is 0 Å². The van der Waals surface area contributed by atoms with Crippen molar-refractivity contribution in [1.82, 2.24) is 9.21 Å². The molecule has 0 saturated carbocycles. The van der Waals surface area contributed by atoms with Gasteiger partial charge in [0.2, 0.25) is 10.0 Å². The highest BCUT2D eigenvalue weighted by atomic mass is 32.2. The Kier molecular flexibility index (Phi) is 5.75. The number of piperazine rings is 1. The zero-order valence-corrected chi connectivity index (χ0v) is 13.4. The minimum atomic E-state index is -3.16. The highest BCUT2D eigenvalue weighted by Crippen LogP contribution is 2.12. The van der Waals surface area contributed by atoms with Gasteiger partial charge in [-0.15, -0.1) is 0 Å². The van der Waals surface area contributed by atoms with E-state index in [0.717, 1.165) is 18.7 Å². The molecule has 0 spiro atoms. The first-order valence-corrected chi connectivity index (χ1v) is 9.09. The van der Waals surface area contributed by atoms with Crippen LogP contribution in [-0.4, -0.2) is 62.1 Å². The summed E-state index contributed by atoms with van der Waals surface area (Å²) < 4.78 is 26.4. The van der Waals surface area contributed by atoms with Crippen LogP contribution in [0.4, 0.5) is 0 Å². The Morgan fingerprint density at radius 2 is 1.76 bits per heavy atom. The minimum absolute atomic E-state index is 0.184. The molecule has 1 aromatic carbocycles. The summed E-state index contributed by atoms with van der Waals surface area (Å²) in [5.41, 5.74) is 6.73. The average Bonchev–Trinajstić information content (AvgIpc) is 2.53. The van der Waals surface area contributed by atoms with Gasteiger partial charge >= 0.3 is 0 Å². The second-order valence-electron chi connectivity index (χ2n) is 5.57. The van der Waals surface area contributed by atoms with Crippen molar-refractivity contribution in [1.29, 1.82) is 0 Å². The van der Waals surface area contributed by atoms with Crippen molar-refractivity contribution in [2.24, 2.45) is 5.73 Å². The van der Waals surface area contributed by atoms with Crippen LogP contribution in [0.5, 0.6) is 0 Å². The number of hydrogen-bond donors (Lipinski definition) is 1. The third kappa shape index (κ3) is 4.51. The van der Waals surface area contributed by atoms with E-state index >= 15 is 0 Å². The van der Waals surface area contributed by atoms with E-state index in [-0.39, 0.29) is 5.75 Å². The fourth-order valence-corrected chi connectivity index (χ4v) is 4.06. The maximum absolute atomic E-state index is 12.4. The summed E-state index contributed by atoms with van der Waals surface area (Å²) in [4.78, 5) is 2.25. The normalized spacial score (nSPS) is 19.5. The molecule has 0 amide bonds. The van der Waals surface area contributed by atoms with Crippen LogP contribution in [0.25, 0.3) is 0 Å². The molecule has 1 heterocycles. The molecule has 2 N–H and O–H groups in total. The summed E-state index contributed by atoms with van der Waals surface area (Å²) in [6.45, 7) is 5.37. The average molecular weight is 311 g/mol. The number of sulfonamides is 1. The third-order valence-corrected chi connectivity index (χ3v) is 5.99. The van der Waals surface area contributed by atoms with Crippen LogP contribution < -0.4 is 5.73 Å². The van der Waals surface area contributed by atoms with Crippen LogP contribution in [0.15, 0.2) is 30.3 Å². The van der Waals surface area contributed by atoms with Gasteiger partial charge < -0.3 is 5.73 Å². The molecule has 6 heteroatoms. The van der Waals surface area contributed by atoms with E-state index in [1.165, 1.54) is 0 Å². The van der Waals surface area contributed by atoms with E-state index in [9.17, 15) is 8.42 Å². The molecule has 0 bridgehead atoms. The molecule has 0 aromatic heterocycles. The van der Waals surface area contributed by atoms with Crippen LogP contribution in [0, 0.1) is 0 Å². The second kappa shape index (κ2) is 7.35. The van der Waals surface area contributed by atoms with Crippen molar-refractivity contribution in [3.8, 4) is 0 Å². The lowest BCUT2D eigenvalue weighted by Gasteiger charge is -2.37. The van der Waals surface area contributed by atoms with Crippen molar-refractivity contribution in [3.05, 3.63) is 35.9 Å². The van der Waals surface area contributed by atoms with E-state index in [2.05, 4.69) is 11.8 Å². The minimum Gasteiger partial charge on any atom is -0.329 e. The molecule has 1 fully saturated rings. The number of benzene rings is 1. The molecule has 5 nitrogen and oxygen atoms in total. The Bertz CT molecular complexity index is 525. The van der Waals surface area contributed by atoms with Crippen LogP contribution in [0.3, 0.4) is 0 Å². The summed E-state index contributed by atoms with van der Waals surface area (Å²) in [6.07, 6.45) is 0.572. The fourth-order valence-electron chi connectivity index (χ4n) is 2.59. The van der Waals surface area contributed by atoms with Crippen molar-refractivity contribution < 1.29 is 8.42 Å². The predicted molar refractivity (Wildman–Crippen MR) is 85.6 cm³/mol. The SMILES string of the molecule is CC(CN)N1CCN(S(=O)(=O)CCc2ccccc2)CC1. The molecule has 1 aliphatic heterocycles. The molecule has 118 valence electrons. The van der Waals surface area contributed by atoms with Gasteiger partial charge in [0.1, 0.15) is 0 Å². The first-order valence-electron chi connectivity index (χ1n) is 7.49. The smallest absolute Gasteiger partial charge is 0.214 e. The molecule has 0 radical (unpaired) electrons. The van der Waals surface area contributed by atoms with Gasteiger partial charge in [-0.2, -0.15) is 4.31 Å². The van der Waals surface area contributed by atoms with Crippen LogP contribution in [-0.2, 0) is 16.4 Å². The van der Waals surface area contributed by atoms with Gasteiger partial charge in [-0.3, -0.25) is 4.90 Å². The Morgan fingerprint density at radius 1 is 1.14 bits per heavy atom. The van der Waals surface area contributed by atoms with Crippen LogP contribution in [0.1, 0.15) is 12.5 Å². The quantitative estimate of drug-likeness (QED) is 0.832. The molecule has 1 saturated heterocycles. The molecule has 1 atom stereocenters. The zero-order chi connectivity index (χ0) is 15.3. The highest BCUT2D eigenvalue weighted by molar-refractivity contribution is 7.89. The molecule has 21 heavy (non-hydrogen) atoms. The predicted octanol–water partition coefficient (Wildman–Crippen LogP) is 0.524. The Balaban J connectivity index is 1.87. The van der Waals surface area contributed by atoms with Gasteiger partial charge in [-0.1, -0.05) is 30.3 Å². The second-order valence-corrected chi connectivity index (χ2v) is 7.66. The van der Waals surface area contributed by atoms with Crippen LogP contribution >= 0.6 is 0 Å². The third-order valence-electron chi connectivity index (χ3n) is 4.12. The van der Waals surface area contributed by atoms with Crippen molar-refractivity contribution >= 4 is 10.0 Å². The number of aryl methyl sites for hydroxylation is 1. The number of nitrogens with two attached hydrogens (primary N) is 1. The van der Waals surface area contributed by atoms with E-state index in [1.807, 2.05) is 30.3 Å². The standard InChI is InChI=1S/C15H25N3O2S/c1-14(13-16)17-8-10-18(11-9-17)21(19,20)12-7-15-5-3-2-4-6-15/h2-6,14H,7-13,16H2,1H3. The number of nitrogens with zero attached hydrogens (tertiary/aromatic N) is 2. The lowest BCUT2D eigenvalue weighted by Crippen LogP contribution is -2.53. The summed E-state index contributed by atoms with van der Waals surface area (Å²) in [7, 11) is -3.16. The maximum atomic E-state index is 12.4. The van der Waals surface area contributed by atoms with Gasteiger partial charge in [0.15, 0.2) is 0 Å². The van der Waals surface area contributed by atoms with Gasteiger partial charge in [0, 0.05) is 38.8 Å². The van der Waals surface area contributed by atoms with Crippen molar-refractivity contribution in [2.45, 2.75) is 19.4 Å². The molecule has 2 rings (SSSR count). The van der Waals surface area contributed by atoms with Gasteiger partial charge in [0.05, 0.1) is 5.75 Å². The van der Waals surface area contributed by atoms with E-state index < -0.39 is 10.0 Å². The maximum Gasteiger partial charge on any atom is 0.214 e. The zero-order valence-electron chi connectivity index (χ0n) is 12.6. The number of rotatable bonds is 6. The summed E-state index contributed by atoms with van der Waals surface area (Å²) in [5, 5.41) is 0. The largest absolute Gasteiger partial charge is 0.329 e. The highest BCUT2D eigenvalue weighted by Gasteiger charge is 2.27. The van der Waals surface area contributed by atoms with Gasteiger partial charge in [0.25, 0.3) is 0 Å². The molecular weight excluding hydrogens is 286 g/mol. The van der Waals surface area contributed by atoms with E-state index in [0.29, 0.717) is 32.1 Å². The summed E-state index contributed by atoms with van der Waals surface area (Å²) >= 11 is 0. The topological polar surface area (TPSA) is 66.6 Å². The van der Waals surface area contributed by atoms with Gasteiger partial charge in [-0.25, -0.2) is 8.42 Å². The molecule has 0 aliphatic carbocycles. The lowest BCUT2D eigenvalue weighted by molar-refractivity contribution is 0.149. The molecular formula is C15H25N3O2S. The number of hydrogen-bond acceptors (Lipinski definition) is 4. The first-order chi connectivity index (χ1) is 10.0. The Morgan fingerprint density at radius 3 is 2.33 bits per heavy atom. The first kappa shape index (κ1) is 16.4. The molecule has 1 unspecified atom stereocenters. The monoisotopic (exact) mass is 311 g/mol. The Hall–Kier alpha value is -0.950. The van der Waals surface area contributed by atoms with E-state index in [4.69, 9.17) is 5.73 Å². The van der Waals surface area contributed by atoms with Crippen molar-refractivity contribution in [2.75, 3.05) is 38.5 Å². The van der Waals surface area contributed by atoms with Gasteiger partial charge in [-0.05, 0) is 18.9 Å². The molecule has 1 aromatic rings. The lowest BCUT2D eigenvalue weighted by atomic mass is 10.2. The summed E-state index contributed by atoms with van der Waals surface area (Å²) in [5.74, 6) is 0.184. The van der Waals surface area contributed by atoms with E-state index in [1.54, 1.807) is 4.31 Å². The Labute approximate surface area is 127 Å².